The Morgan fingerprint density at radius 1 is 1.67 bits per heavy atom. The first-order chi connectivity index (χ1) is 7.25. The quantitative estimate of drug-likeness (QED) is 0.596. The first kappa shape index (κ1) is 11.8. The Balaban J connectivity index is 2.44. The molecular formula is C9H13N3O2S. The molecule has 1 aromatic heterocycles. The van der Waals surface area contributed by atoms with Gasteiger partial charge < -0.3 is 10.5 Å². The van der Waals surface area contributed by atoms with E-state index in [0.717, 1.165) is 11.5 Å². The number of esters is 1. The average molecular weight is 227 g/mol. The maximum absolute atomic E-state index is 11.4. The third-order valence-corrected chi connectivity index (χ3v) is 2.49. The van der Waals surface area contributed by atoms with Crippen LogP contribution in [-0.4, -0.2) is 34.0 Å². The summed E-state index contributed by atoms with van der Waals surface area (Å²) in [6.45, 7) is 2.43. The third kappa shape index (κ3) is 3.75. The van der Waals surface area contributed by atoms with E-state index in [9.17, 15) is 4.79 Å². The molecule has 5 nitrogen and oxygen atoms in total. The number of nitrogens with zero attached hydrogens (tertiary/aromatic N) is 2. The summed E-state index contributed by atoms with van der Waals surface area (Å²) in [5.74, 6) is 1.48. The van der Waals surface area contributed by atoms with E-state index in [0.29, 0.717) is 6.61 Å². The normalized spacial score (nSPS) is 9.93. The molecule has 0 amide bonds. The average Bonchev–Trinajstić information content (AvgIpc) is 2.25. The Labute approximate surface area is 92.4 Å². The second kappa shape index (κ2) is 6.23. The van der Waals surface area contributed by atoms with E-state index in [1.807, 2.05) is 0 Å². The molecule has 0 unspecified atom stereocenters. The lowest BCUT2D eigenvalue weighted by Crippen LogP contribution is -2.11. The monoisotopic (exact) mass is 227 g/mol. The van der Waals surface area contributed by atoms with E-state index in [4.69, 9.17) is 10.5 Å². The number of nitrogen functional groups attached to an aromatic ring is 1. The van der Waals surface area contributed by atoms with Gasteiger partial charge in [-0.3, -0.25) is 0 Å². The molecule has 1 heterocycles. The number of aromatic nitrogens is 2. The second-order valence-electron chi connectivity index (χ2n) is 2.65. The van der Waals surface area contributed by atoms with Crippen LogP contribution in [-0.2, 0) is 4.74 Å². The van der Waals surface area contributed by atoms with Gasteiger partial charge in [-0.2, -0.15) is 11.8 Å². The zero-order valence-electron chi connectivity index (χ0n) is 8.47. The molecule has 0 fully saturated rings. The summed E-state index contributed by atoms with van der Waals surface area (Å²) < 4.78 is 4.99. The largest absolute Gasteiger partial charge is 0.461 e. The van der Waals surface area contributed by atoms with Crippen molar-refractivity contribution < 1.29 is 9.53 Å². The smallest absolute Gasteiger partial charge is 0.343 e. The number of carbonyl (C=O) groups is 1. The highest BCUT2D eigenvalue weighted by Gasteiger charge is 2.11. The van der Waals surface area contributed by atoms with Gasteiger partial charge in [0.15, 0.2) is 0 Å². The van der Waals surface area contributed by atoms with Crippen molar-refractivity contribution in [2.24, 2.45) is 0 Å². The fourth-order valence-electron chi connectivity index (χ4n) is 0.912. The van der Waals surface area contributed by atoms with E-state index in [1.54, 1.807) is 11.8 Å². The van der Waals surface area contributed by atoms with Crippen molar-refractivity contribution >= 4 is 23.5 Å². The minimum absolute atomic E-state index is 0.151. The summed E-state index contributed by atoms with van der Waals surface area (Å²) in [6.07, 6.45) is 2.65. The number of carbonyl (C=O) groups excluding carboxylic acids is 1. The Bertz CT molecular complexity index is 333. The lowest BCUT2D eigenvalue weighted by Gasteiger charge is -2.04. The predicted molar refractivity (Wildman–Crippen MR) is 59.7 cm³/mol. The van der Waals surface area contributed by atoms with Gasteiger partial charge in [0.1, 0.15) is 24.3 Å². The van der Waals surface area contributed by atoms with Crippen molar-refractivity contribution in [2.75, 3.05) is 23.8 Å². The fourth-order valence-corrected chi connectivity index (χ4v) is 1.40. The molecule has 0 atom stereocenters. The highest BCUT2D eigenvalue weighted by Crippen LogP contribution is 2.07. The molecule has 0 aliphatic heterocycles. The summed E-state index contributed by atoms with van der Waals surface area (Å²) in [7, 11) is 0. The first-order valence-corrected chi connectivity index (χ1v) is 5.71. The topological polar surface area (TPSA) is 78.1 Å². The lowest BCUT2D eigenvalue weighted by molar-refractivity contribution is 0.0530. The SMILES string of the molecule is CCSCCOC(=O)c1cncnc1N. The molecule has 0 spiro atoms. The van der Waals surface area contributed by atoms with Gasteiger partial charge in [-0.1, -0.05) is 6.92 Å². The van der Waals surface area contributed by atoms with Gasteiger partial charge in [0.2, 0.25) is 0 Å². The number of anilines is 1. The van der Waals surface area contributed by atoms with Crippen molar-refractivity contribution in [3.63, 3.8) is 0 Å². The number of hydrogen-bond acceptors (Lipinski definition) is 6. The van der Waals surface area contributed by atoms with Crippen LogP contribution in [0.15, 0.2) is 12.5 Å². The molecule has 0 saturated heterocycles. The predicted octanol–water partition coefficient (Wildman–Crippen LogP) is 0.969. The van der Waals surface area contributed by atoms with Crippen LogP contribution < -0.4 is 5.73 Å². The van der Waals surface area contributed by atoms with Crippen LogP contribution in [0.4, 0.5) is 5.82 Å². The van der Waals surface area contributed by atoms with Crippen LogP contribution in [0.5, 0.6) is 0 Å². The van der Waals surface area contributed by atoms with Crippen molar-refractivity contribution in [3.8, 4) is 0 Å². The van der Waals surface area contributed by atoms with Crippen LogP contribution in [0.25, 0.3) is 0 Å². The van der Waals surface area contributed by atoms with Gasteiger partial charge in [0.05, 0.1) is 0 Å². The zero-order chi connectivity index (χ0) is 11.1. The highest BCUT2D eigenvalue weighted by atomic mass is 32.2. The molecule has 2 N–H and O–H groups in total. The van der Waals surface area contributed by atoms with Crippen molar-refractivity contribution in [1.82, 2.24) is 9.97 Å². The molecule has 0 bridgehead atoms. The Morgan fingerprint density at radius 2 is 2.47 bits per heavy atom. The Hall–Kier alpha value is -1.30. The van der Waals surface area contributed by atoms with Gasteiger partial charge in [0.25, 0.3) is 0 Å². The summed E-state index contributed by atoms with van der Waals surface area (Å²) in [6, 6.07) is 0. The van der Waals surface area contributed by atoms with E-state index in [-0.39, 0.29) is 11.4 Å². The first-order valence-electron chi connectivity index (χ1n) is 4.56. The summed E-state index contributed by atoms with van der Waals surface area (Å²) in [4.78, 5) is 18.9. The van der Waals surface area contributed by atoms with Gasteiger partial charge in [-0.25, -0.2) is 14.8 Å². The molecule has 6 heteroatoms. The molecule has 0 aliphatic rings. The minimum Gasteiger partial charge on any atom is -0.461 e. The molecule has 1 rings (SSSR count). The maximum Gasteiger partial charge on any atom is 0.343 e. The van der Waals surface area contributed by atoms with Gasteiger partial charge in [0, 0.05) is 11.9 Å². The summed E-state index contributed by atoms with van der Waals surface area (Å²) in [5.41, 5.74) is 5.72. The van der Waals surface area contributed by atoms with Crippen LogP contribution in [0.1, 0.15) is 17.3 Å². The third-order valence-electron chi connectivity index (χ3n) is 1.63. The van der Waals surface area contributed by atoms with E-state index >= 15 is 0 Å². The van der Waals surface area contributed by atoms with E-state index in [1.165, 1.54) is 12.5 Å². The van der Waals surface area contributed by atoms with Crippen LogP contribution in [0.3, 0.4) is 0 Å². The highest BCUT2D eigenvalue weighted by molar-refractivity contribution is 7.99. The summed E-state index contributed by atoms with van der Waals surface area (Å²) in [5, 5.41) is 0. The standard InChI is InChI=1S/C9H13N3O2S/c1-2-15-4-3-14-9(13)7-5-11-6-12-8(7)10/h5-6H,2-4H2,1H3,(H2,10,11,12). The van der Waals surface area contributed by atoms with Crippen molar-refractivity contribution in [2.45, 2.75) is 6.92 Å². The van der Waals surface area contributed by atoms with Crippen LogP contribution in [0, 0.1) is 0 Å². The number of thioether (sulfide) groups is 1. The molecule has 0 saturated carbocycles. The summed E-state index contributed by atoms with van der Waals surface area (Å²) >= 11 is 1.71. The van der Waals surface area contributed by atoms with Gasteiger partial charge in [-0.05, 0) is 5.75 Å². The molecular weight excluding hydrogens is 214 g/mol. The van der Waals surface area contributed by atoms with Crippen molar-refractivity contribution in [1.29, 1.82) is 0 Å². The second-order valence-corrected chi connectivity index (χ2v) is 4.05. The molecule has 1 aromatic rings. The molecule has 0 radical (unpaired) electrons. The number of ether oxygens (including phenoxy) is 1. The van der Waals surface area contributed by atoms with Crippen LogP contribution >= 0.6 is 11.8 Å². The Kier molecular flexibility index (Phi) is 4.89. The fraction of sp³-hybridized carbons (Fsp3) is 0.444. The Morgan fingerprint density at radius 3 is 3.13 bits per heavy atom. The molecule has 15 heavy (non-hydrogen) atoms. The van der Waals surface area contributed by atoms with E-state index < -0.39 is 5.97 Å². The lowest BCUT2D eigenvalue weighted by atomic mass is 10.3. The molecule has 0 aliphatic carbocycles. The van der Waals surface area contributed by atoms with E-state index in [2.05, 4.69) is 16.9 Å². The van der Waals surface area contributed by atoms with Gasteiger partial charge >= 0.3 is 5.97 Å². The number of hydrogen-bond donors (Lipinski definition) is 1. The molecule has 0 aromatic carbocycles. The number of nitrogens with two attached hydrogens (primary N) is 1. The van der Waals surface area contributed by atoms with Gasteiger partial charge in [-0.15, -0.1) is 0 Å². The molecule has 82 valence electrons. The van der Waals surface area contributed by atoms with Crippen molar-refractivity contribution in [3.05, 3.63) is 18.1 Å². The number of rotatable bonds is 5. The van der Waals surface area contributed by atoms with Crippen LogP contribution in [0.2, 0.25) is 0 Å². The maximum atomic E-state index is 11.4. The zero-order valence-corrected chi connectivity index (χ0v) is 9.29. The minimum atomic E-state index is -0.468.